The van der Waals surface area contributed by atoms with E-state index in [-0.39, 0.29) is 18.1 Å². The predicted molar refractivity (Wildman–Crippen MR) is 119 cm³/mol. The molecule has 1 heterocycles. The number of hydrogen-bond donors (Lipinski definition) is 2. The van der Waals surface area contributed by atoms with Crippen LogP contribution in [0.2, 0.25) is 5.02 Å². The van der Waals surface area contributed by atoms with Crippen molar-refractivity contribution in [1.82, 2.24) is 5.32 Å². The van der Waals surface area contributed by atoms with Gasteiger partial charge in [0.05, 0.1) is 10.6 Å². The largest absolute Gasteiger partial charge is 0.454 e. The number of anilines is 1. The van der Waals surface area contributed by atoms with E-state index in [1.807, 2.05) is 25.1 Å². The van der Waals surface area contributed by atoms with Gasteiger partial charge in [-0.1, -0.05) is 41.9 Å². The van der Waals surface area contributed by atoms with Gasteiger partial charge >= 0.3 is 0 Å². The maximum atomic E-state index is 13.0. The van der Waals surface area contributed by atoms with Gasteiger partial charge in [-0.25, -0.2) is 0 Å². The van der Waals surface area contributed by atoms with E-state index in [1.165, 1.54) is 0 Å². The van der Waals surface area contributed by atoms with Crippen molar-refractivity contribution in [3.63, 3.8) is 0 Å². The number of carbonyl (C=O) groups excluding carboxylic acids is 2. The minimum absolute atomic E-state index is 0.0605. The molecule has 0 fully saturated rings. The summed E-state index contributed by atoms with van der Waals surface area (Å²) >= 11 is 6.14. The summed E-state index contributed by atoms with van der Waals surface area (Å²) in [5.74, 6) is 0.244. The van der Waals surface area contributed by atoms with Crippen molar-refractivity contribution in [2.75, 3.05) is 12.1 Å². The van der Waals surface area contributed by atoms with E-state index in [4.69, 9.17) is 21.1 Å². The van der Waals surface area contributed by atoms with E-state index in [1.54, 1.807) is 54.6 Å². The second kappa shape index (κ2) is 8.93. The minimum atomic E-state index is -0.489. The number of amides is 2. The summed E-state index contributed by atoms with van der Waals surface area (Å²) in [6.07, 6.45) is 1.57. The molecule has 0 aromatic heterocycles. The molecular weight excluding hydrogens is 416 g/mol. The van der Waals surface area contributed by atoms with Gasteiger partial charge in [-0.15, -0.1) is 0 Å². The fourth-order valence-electron chi connectivity index (χ4n) is 3.08. The maximum absolute atomic E-state index is 13.0. The van der Waals surface area contributed by atoms with Crippen LogP contribution in [-0.2, 0) is 4.79 Å². The first-order valence-electron chi connectivity index (χ1n) is 9.55. The van der Waals surface area contributed by atoms with E-state index in [2.05, 4.69) is 10.6 Å². The van der Waals surface area contributed by atoms with E-state index < -0.39 is 11.8 Å². The summed E-state index contributed by atoms with van der Waals surface area (Å²) in [6.45, 7) is 2.07. The highest BCUT2D eigenvalue weighted by Crippen LogP contribution is 2.33. The van der Waals surface area contributed by atoms with Crippen molar-refractivity contribution in [3.8, 4) is 11.5 Å². The van der Waals surface area contributed by atoms with E-state index in [0.29, 0.717) is 27.8 Å². The first kappa shape index (κ1) is 20.5. The Labute approximate surface area is 184 Å². The van der Waals surface area contributed by atoms with Crippen LogP contribution in [0.15, 0.2) is 72.4 Å². The fraction of sp³-hybridized carbons (Fsp3) is 0.0833. The minimum Gasteiger partial charge on any atom is -0.454 e. The topological polar surface area (TPSA) is 76.7 Å². The van der Waals surface area contributed by atoms with Crippen LogP contribution < -0.4 is 20.1 Å². The van der Waals surface area contributed by atoms with Gasteiger partial charge in [0.25, 0.3) is 11.8 Å². The summed E-state index contributed by atoms with van der Waals surface area (Å²) in [5.41, 5.74) is 2.61. The van der Waals surface area contributed by atoms with Gasteiger partial charge in [0.1, 0.15) is 5.70 Å². The highest BCUT2D eigenvalue weighted by molar-refractivity contribution is 6.34. The number of halogens is 1. The number of fused-ring (bicyclic) bond motifs is 1. The third-order valence-electron chi connectivity index (χ3n) is 4.59. The lowest BCUT2D eigenvalue weighted by molar-refractivity contribution is -0.113. The van der Waals surface area contributed by atoms with E-state index in [9.17, 15) is 9.59 Å². The molecule has 2 amide bonds. The van der Waals surface area contributed by atoms with Crippen LogP contribution in [0.1, 0.15) is 21.5 Å². The first-order chi connectivity index (χ1) is 15.0. The second-order valence-electron chi connectivity index (χ2n) is 6.93. The van der Waals surface area contributed by atoms with Crippen molar-refractivity contribution in [2.24, 2.45) is 0 Å². The fourth-order valence-corrected chi connectivity index (χ4v) is 3.31. The molecule has 0 saturated carbocycles. The van der Waals surface area contributed by atoms with Crippen molar-refractivity contribution < 1.29 is 19.1 Å². The zero-order chi connectivity index (χ0) is 21.8. The third-order valence-corrected chi connectivity index (χ3v) is 4.92. The van der Waals surface area contributed by atoms with Crippen LogP contribution in [0.25, 0.3) is 6.08 Å². The number of nitrogens with one attached hydrogen (secondary N) is 2. The lowest BCUT2D eigenvalue weighted by Crippen LogP contribution is -2.31. The van der Waals surface area contributed by atoms with Gasteiger partial charge in [-0.05, 0) is 60.5 Å². The first-order valence-corrected chi connectivity index (χ1v) is 9.92. The Hall–Kier alpha value is -3.77. The number of rotatable bonds is 5. The van der Waals surface area contributed by atoms with Gasteiger partial charge in [0.2, 0.25) is 6.79 Å². The third kappa shape index (κ3) is 4.87. The molecule has 0 atom stereocenters. The Morgan fingerprint density at radius 2 is 1.77 bits per heavy atom. The van der Waals surface area contributed by atoms with E-state index >= 15 is 0 Å². The van der Waals surface area contributed by atoms with Gasteiger partial charge < -0.3 is 20.1 Å². The number of hydrogen-bond acceptors (Lipinski definition) is 4. The smallest absolute Gasteiger partial charge is 0.272 e. The Morgan fingerprint density at radius 1 is 0.968 bits per heavy atom. The van der Waals surface area contributed by atoms with Gasteiger partial charge in [0, 0.05) is 5.69 Å². The van der Waals surface area contributed by atoms with Crippen LogP contribution in [0, 0.1) is 6.92 Å². The van der Waals surface area contributed by atoms with Crippen LogP contribution in [0.4, 0.5) is 5.69 Å². The van der Waals surface area contributed by atoms with Gasteiger partial charge in [-0.3, -0.25) is 9.59 Å². The molecule has 1 aliphatic heterocycles. The van der Waals surface area contributed by atoms with E-state index in [0.717, 1.165) is 5.56 Å². The second-order valence-corrected chi connectivity index (χ2v) is 7.34. The molecule has 3 aromatic rings. The van der Waals surface area contributed by atoms with Crippen molar-refractivity contribution in [1.29, 1.82) is 0 Å². The van der Waals surface area contributed by atoms with Crippen LogP contribution >= 0.6 is 11.6 Å². The lowest BCUT2D eigenvalue weighted by atomic mass is 10.1. The quantitative estimate of drug-likeness (QED) is 0.566. The molecule has 0 unspecified atom stereocenters. The molecule has 0 saturated heterocycles. The number of ether oxygens (including phenoxy) is 2. The van der Waals surface area contributed by atoms with Crippen LogP contribution in [0.5, 0.6) is 11.5 Å². The maximum Gasteiger partial charge on any atom is 0.272 e. The van der Waals surface area contributed by atoms with Gasteiger partial charge in [-0.2, -0.15) is 0 Å². The molecule has 1 aliphatic rings. The molecule has 31 heavy (non-hydrogen) atoms. The molecular formula is C24H19ClN2O4. The number of carbonyl (C=O) groups is 2. The lowest BCUT2D eigenvalue weighted by Gasteiger charge is -2.12. The molecule has 4 rings (SSSR count). The average Bonchev–Trinajstić information content (AvgIpc) is 3.21. The monoisotopic (exact) mass is 434 g/mol. The normalized spacial score (nSPS) is 12.4. The van der Waals surface area contributed by atoms with Crippen LogP contribution in [0.3, 0.4) is 0 Å². The summed E-state index contributed by atoms with van der Waals surface area (Å²) < 4.78 is 10.7. The molecule has 6 nitrogen and oxygen atoms in total. The molecule has 0 radical (unpaired) electrons. The molecule has 156 valence electrons. The predicted octanol–water partition coefficient (Wildman–Crippen LogP) is 4.79. The zero-order valence-electron chi connectivity index (χ0n) is 16.6. The average molecular weight is 435 g/mol. The molecule has 0 spiro atoms. The summed E-state index contributed by atoms with van der Waals surface area (Å²) in [7, 11) is 0. The standard InChI is InChI=1S/C24H19ClN2O4/c1-15-5-4-6-17(11-15)26-24(29)20(27-23(28)18-7-2-3-8-19(18)25)12-16-9-10-21-22(13-16)31-14-30-21/h2-13H,14H2,1H3,(H,26,29)(H,27,28)/b20-12+. The molecule has 2 N–H and O–H groups in total. The Balaban J connectivity index is 1.65. The highest BCUT2D eigenvalue weighted by Gasteiger charge is 2.18. The van der Waals surface area contributed by atoms with Crippen molar-refractivity contribution in [2.45, 2.75) is 6.92 Å². The van der Waals surface area contributed by atoms with Crippen molar-refractivity contribution >= 4 is 35.2 Å². The molecule has 7 heteroatoms. The Morgan fingerprint density at radius 3 is 2.58 bits per heavy atom. The highest BCUT2D eigenvalue weighted by atomic mass is 35.5. The number of aryl methyl sites for hydroxylation is 1. The molecule has 0 bridgehead atoms. The summed E-state index contributed by atoms with van der Waals surface area (Å²) in [6, 6.07) is 19.3. The number of benzene rings is 3. The Kier molecular flexibility index (Phi) is 5.91. The zero-order valence-corrected chi connectivity index (χ0v) is 17.4. The summed E-state index contributed by atoms with van der Waals surface area (Å²) in [4.78, 5) is 25.8. The van der Waals surface area contributed by atoms with Crippen molar-refractivity contribution in [3.05, 3.63) is 94.1 Å². The van der Waals surface area contributed by atoms with Crippen LogP contribution in [-0.4, -0.2) is 18.6 Å². The summed E-state index contributed by atoms with van der Waals surface area (Å²) in [5, 5.41) is 5.79. The molecule has 3 aromatic carbocycles. The Bertz CT molecular complexity index is 1190. The molecule has 0 aliphatic carbocycles. The van der Waals surface area contributed by atoms with Gasteiger partial charge in [0.15, 0.2) is 11.5 Å². The SMILES string of the molecule is Cc1cccc(NC(=O)/C(=C\c2ccc3c(c2)OCO3)NC(=O)c2ccccc2Cl)c1.